The van der Waals surface area contributed by atoms with Crippen LogP contribution < -0.4 is 5.32 Å². The number of likely N-dealkylation sites (tertiary alicyclic amines) is 2. The smallest absolute Gasteiger partial charge is 0.410 e. The molecule has 0 spiro atoms. The minimum atomic E-state index is -0.818. The molecular weight excluding hydrogens is 1050 g/mol. The van der Waals surface area contributed by atoms with Gasteiger partial charge in [0, 0.05) is 90.5 Å². The molecule has 0 saturated carbocycles. The number of methoxy groups -OCH3 is 2. The lowest BCUT2D eigenvalue weighted by Crippen LogP contribution is -2.53. The fourth-order valence-corrected chi connectivity index (χ4v) is 11.9. The number of aliphatic hydroxyl groups excluding tert-OH is 1. The lowest BCUT2D eigenvalue weighted by atomic mass is 9.83. The first-order valence-electron chi connectivity index (χ1n) is 29.2. The number of hydrogen-bond donors (Lipinski definition) is 2. The molecule has 0 aromatic heterocycles. The van der Waals surface area contributed by atoms with Crippen molar-refractivity contribution in [3.8, 4) is 0 Å². The lowest BCUT2D eigenvalue weighted by Gasteiger charge is -2.40. The van der Waals surface area contributed by atoms with E-state index in [0.29, 0.717) is 38.3 Å². The van der Waals surface area contributed by atoms with Crippen LogP contribution in [0.3, 0.4) is 0 Å². The zero-order valence-corrected chi connectivity index (χ0v) is 52.3. The zero-order valence-electron chi connectivity index (χ0n) is 51.4. The van der Waals surface area contributed by atoms with Gasteiger partial charge in [-0.05, 0) is 99.4 Å². The summed E-state index contributed by atoms with van der Waals surface area (Å²) in [5, 5.41) is 13.3. The summed E-state index contributed by atoms with van der Waals surface area (Å²) in [6.45, 7) is 18.6. The van der Waals surface area contributed by atoms with E-state index in [-0.39, 0.29) is 120 Å². The molecule has 0 bridgehead atoms. The van der Waals surface area contributed by atoms with Gasteiger partial charge < -0.3 is 39.3 Å². The van der Waals surface area contributed by atoms with Crippen LogP contribution in [0.25, 0.3) is 0 Å². The maximum atomic E-state index is 14.1. The molecule has 18 heteroatoms. The molecule has 2 aliphatic rings. The Kier molecular flexibility index (Phi) is 30.5. The number of nitrogens with zero attached hydrogens (tertiary/aromatic N) is 4. The topological polar surface area (TPSA) is 209 Å². The Bertz CT molecular complexity index is 2320. The maximum Gasteiger partial charge on any atom is 0.410 e. The summed E-state index contributed by atoms with van der Waals surface area (Å²) in [6, 6.07) is 15.9. The Hall–Kier alpha value is -5.01. The van der Waals surface area contributed by atoms with Crippen LogP contribution in [-0.2, 0) is 54.4 Å². The SMILES string of the molecule is CC[C@H](C)[C@@H]([C@@H](CC(C)=O)OC)N(C)C(=O)[C@@H](CC(=O)[C@H](C(C)C)N(C)C(=O)OCc1ccc(NCC(=O)CCCCCN2C(=O)CC(SC)C2=O)cc1)C(C)C.CO[C@H]([C@@H](C)C(=O)C[C@H](C)[C@@H](O)c1ccccc1)[C@@H]1CCCN1C. The zero-order chi connectivity index (χ0) is 60.7. The van der Waals surface area contributed by atoms with Crippen molar-refractivity contribution in [2.24, 2.45) is 35.5 Å². The summed E-state index contributed by atoms with van der Waals surface area (Å²) in [5.41, 5.74) is 2.33. The number of aliphatic hydroxyl groups is 1. The van der Waals surface area contributed by atoms with E-state index < -0.39 is 30.3 Å². The van der Waals surface area contributed by atoms with Crippen LogP contribution in [-0.4, -0.2) is 168 Å². The van der Waals surface area contributed by atoms with Crippen LogP contribution >= 0.6 is 11.8 Å². The third kappa shape index (κ3) is 21.3. The number of likely N-dealkylation sites (N-methyl/N-ethyl adjacent to an activating group) is 3. The predicted octanol–water partition coefficient (Wildman–Crippen LogP) is 9.47. The number of hydrogen-bond acceptors (Lipinski definition) is 15. The van der Waals surface area contributed by atoms with Crippen molar-refractivity contribution in [1.29, 1.82) is 0 Å². The van der Waals surface area contributed by atoms with Crippen molar-refractivity contribution < 1.29 is 57.7 Å². The maximum absolute atomic E-state index is 14.1. The van der Waals surface area contributed by atoms with E-state index in [4.69, 9.17) is 14.2 Å². The van der Waals surface area contributed by atoms with Crippen LogP contribution in [0.5, 0.6) is 0 Å². The molecule has 4 rings (SSSR count). The van der Waals surface area contributed by atoms with Gasteiger partial charge in [0.25, 0.3) is 0 Å². The largest absolute Gasteiger partial charge is 0.445 e. The molecule has 4 amide bonds. The third-order valence-electron chi connectivity index (χ3n) is 16.5. The Balaban J connectivity index is 0.000000592. The predicted molar refractivity (Wildman–Crippen MR) is 319 cm³/mol. The third-order valence-corrected chi connectivity index (χ3v) is 17.4. The molecule has 0 aliphatic carbocycles. The first-order valence-corrected chi connectivity index (χ1v) is 30.5. The van der Waals surface area contributed by atoms with Crippen molar-refractivity contribution >= 4 is 64.4 Å². The number of unbranched alkanes of at least 4 members (excludes halogenated alkanes) is 2. The minimum Gasteiger partial charge on any atom is -0.445 e. The average Bonchev–Trinajstić information content (AvgIpc) is 3.99. The molecule has 81 heavy (non-hydrogen) atoms. The standard InChI is InChI=1S/C43H68N4O9S.C20H31NO3/c1-12-29(6)40(36(55-10)22-30(7)48)45(8)41(52)34(27(2)3)23-35(50)39(28(4)5)46(9)43(54)56-26-31-17-19-32(20-18-31)44-25-33(49)16-14-13-15-21-47-38(51)24-37(57-11)42(47)53;1-14(19(23)16-9-6-5-7-10-16)13-18(22)15(2)20(24-4)17-11-8-12-21(17)3/h17-20,27-29,34,36-37,39-40,44H,12-16,21-26H2,1-11H3;5-7,9-10,14-15,17,19-20,23H,8,11-13H2,1-4H3/t29-,34-,36+,37?,39-,40-;14-,15-,17-,19+,20+/m00/s1. The highest BCUT2D eigenvalue weighted by atomic mass is 32.2. The number of imide groups is 1. The number of benzene rings is 2. The fourth-order valence-electron chi connectivity index (χ4n) is 11.3. The summed E-state index contributed by atoms with van der Waals surface area (Å²) in [6.07, 6.45) is 6.25. The number of ether oxygens (including phenoxy) is 3. The van der Waals surface area contributed by atoms with Gasteiger partial charge in [-0.15, -0.1) is 0 Å². The van der Waals surface area contributed by atoms with E-state index in [9.17, 15) is 43.5 Å². The number of anilines is 1. The highest BCUT2D eigenvalue weighted by Crippen LogP contribution is 2.31. The van der Waals surface area contributed by atoms with Gasteiger partial charge in [-0.3, -0.25) is 38.5 Å². The summed E-state index contributed by atoms with van der Waals surface area (Å²) >= 11 is 1.40. The molecule has 2 heterocycles. The van der Waals surface area contributed by atoms with Gasteiger partial charge in [0.15, 0.2) is 11.6 Å². The Morgan fingerprint density at radius 2 is 1.47 bits per heavy atom. The Morgan fingerprint density at radius 1 is 0.815 bits per heavy atom. The minimum absolute atomic E-state index is 0.0240. The number of ketones is 4. The summed E-state index contributed by atoms with van der Waals surface area (Å²) in [7, 11) is 8.60. The van der Waals surface area contributed by atoms with Crippen LogP contribution in [0.2, 0.25) is 0 Å². The number of thioether (sulfide) groups is 1. The van der Waals surface area contributed by atoms with Crippen LogP contribution in [0.15, 0.2) is 54.6 Å². The van der Waals surface area contributed by atoms with Gasteiger partial charge in [-0.2, -0.15) is 11.8 Å². The van der Waals surface area contributed by atoms with E-state index >= 15 is 0 Å². The first kappa shape index (κ1) is 70.3. The van der Waals surface area contributed by atoms with Crippen molar-refractivity contribution in [3.63, 3.8) is 0 Å². The van der Waals surface area contributed by atoms with Gasteiger partial charge in [0.1, 0.15) is 18.2 Å². The van der Waals surface area contributed by atoms with Gasteiger partial charge in [-0.1, -0.05) is 111 Å². The molecule has 1 unspecified atom stereocenters. The molecule has 454 valence electrons. The number of nitrogens with one attached hydrogen (secondary N) is 1. The molecule has 2 fully saturated rings. The van der Waals surface area contributed by atoms with Crippen LogP contribution in [0.4, 0.5) is 10.5 Å². The molecule has 2 N–H and O–H groups in total. The highest BCUT2D eigenvalue weighted by molar-refractivity contribution is 8.00. The van der Waals surface area contributed by atoms with Crippen molar-refractivity contribution in [2.45, 2.75) is 181 Å². The highest BCUT2D eigenvalue weighted by Gasteiger charge is 2.41. The number of amides is 4. The normalized spacial score (nSPS) is 18.9. The van der Waals surface area contributed by atoms with Crippen molar-refractivity contribution in [1.82, 2.24) is 19.6 Å². The second kappa shape index (κ2) is 35.2. The van der Waals surface area contributed by atoms with Crippen molar-refractivity contribution in [3.05, 3.63) is 65.7 Å². The second-order valence-corrected chi connectivity index (χ2v) is 24.3. The Labute approximate surface area is 488 Å². The molecule has 2 aromatic rings. The van der Waals surface area contributed by atoms with Crippen molar-refractivity contribution in [2.75, 3.05) is 66.6 Å². The molecule has 17 nitrogen and oxygen atoms in total. The monoisotopic (exact) mass is 1150 g/mol. The molecule has 0 radical (unpaired) electrons. The summed E-state index contributed by atoms with van der Waals surface area (Å²) < 4.78 is 17.0. The fraction of sp³-hybridized carbons (Fsp3) is 0.683. The van der Waals surface area contributed by atoms with Gasteiger partial charge in [-0.25, -0.2) is 4.79 Å². The summed E-state index contributed by atoms with van der Waals surface area (Å²) in [4.78, 5) is 109. The quantitative estimate of drug-likeness (QED) is 0.0494. The Morgan fingerprint density at radius 3 is 2.00 bits per heavy atom. The van der Waals surface area contributed by atoms with Crippen LogP contribution in [0, 0.1) is 35.5 Å². The second-order valence-electron chi connectivity index (χ2n) is 23.3. The van der Waals surface area contributed by atoms with Crippen LogP contribution in [0.1, 0.15) is 150 Å². The molecule has 2 aliphatic heterocycles. The molecule has 2 saturated heterocycles. The number of carbonyl (C=O) groups is 8. The number of carbonyl (C=O) groups excluding carboxylic acids is 8. The van der Waals surface area contributed by atoms with E-state index in [1.54, 1.807) is 50.4 Å². The van der Waals surface area contributed by atoms with Gasteiger partial charge in [0.05, 0.1) is 42.2 Å². The summed E-state index contributed by atoms with van der Waals surface area (Å²) in [5.74, 6) is -1.75. The van der Waals surface area contributed by atoms with Gasteiger partial charge in [0.2, 0.25) is 17.7 Å². The van der Waals surface area contributed by atoms with E-state index in [0.717, 1.165) is 49.0 Å². The van der Waals surface area contributed by atoms with E-state index in [1.807, 2.05) is 92.0 Å². The molecule has 11 atom stereocenters. The lowest BCUT2D eigenvalue weighted by molar-refractivity contribution is -0.146. The average molecular weight is 1150 g/mol. The first-order chi connectivity index (χ1) is 38.3. The van der Waals surface area contributed by atoms with E-state index in [1.165, 1.54) is 35.5 Å². The molecular formula is C63H99N5O12S. The number of Topliss-reactive ketones (excluding diaryl/α,β-unsaturated/α-hetero) is 4. The molecule has 2 aromatic carbocycles. The van der Waals surface area contributed by atoms with Gasteiger partial charge >= 0.3 is 6.09 Å². The van der Waals surface area contributed by atoms with E-state index in [2.05, 4.69) is 17.3 Å². The number of rotatable bonds is 34.